The van der Waals surface area contributed by atoms with Gasteiger partial charge >= 0.3 is 0 Å². The van der Waals surface area contributed by atoms with E-state index in [4.69, 9.17) is 20.4 Å². The van der Waals surface area contributed by atoms with E-state index in [1.807, 2.05) is 43.3 Å². The molecule has 0 unspecified atom stereocenters. The normalized spacial score (nSPS) is 11.2. The van der Waals surface area contributed by atoms with Crippen LogP contribution in [0.15, 0.2) is 47.6 Å². The summed E-state index contributed by atoms with van der Waals surface area (Å²) < 4.78 is 11.1. The Labute approximate surface area is 123 Å². The molecule has 3 N–H and O–H groups in total. The lowest BCUT2D eigenvalue weighted by molar-refractivity contribution is 0.284. The van der Waals surface area contributed by atoms with Crippen molar-refractivity contribution in [1.82, 2.24) is 0 Å². The Balaban J connectivity index is 2.13. The molecular weight excluding hydrogens is 268 g/mol. The molecule has 2 rings (SSSR count). The van der Waals surface area contributed by atoms with Gasteiger partial charge in [-0.25, -0.2) is 0 Å². The maximum absolute atomic E-state index is 8.70. The fourth-order valence-corrected chi connectivity index (χ4v) is 1.93. The van der Waals surface area contributed by atoms with E-state index in [-0.39, 0.29) is 5.84 Å². The first kappa shape index (κ1) is 14.7. The molecule has 0 fully saturated rings. The summed E-state index contributed by atoms with van der Waals surface area (Å²) in [4.78, 5) is 0. The van der Waals surface area contributed by atoms with Crippen LogP contribution in [-0.2, 0) is 6.61 Å². The molecule has 0 aliphatic rings. The first-order valence-electron chi connectivity index (χ1n) is 6.48. The quantitative estimate of drug-likeness (QED) is 0.383. The van der Waals surface area contributed by atoms with Gasteiger partial charge in [-0.05, 0) is 36.2 Å². The summed E-state index contributed by atoms with van der Waals surface area (Å²) in [5.74, 6) is 1.45. The monoisotopic (exact) mass is 286 g/mol. The summed E-state index contributed by atoms with van der Waals surface area (Å²) in [7, 11) is 1.61. The lowest BCUT2D eigenvalue weighted by atomic mass is 10.1. The zero-order valence-corrected chi connectivity index (χ0v) is 12.0. The first-order chi connectivity index (χ1) is 10.1. The number of benzene rings is 2. The second kappa shape index (κ2) is 6.65. The van der Waals surface area contributed by atoms with Gasteiger partial charge < -0.3 is 20.4 Å². The molecule has 0 saturated carbocycles. The zero-order chi connectivity index (χ0) is 15.2. The van der Waals surface area contributed by atoms with Crippen LogP contribution < -0.4 is 15.2 Å². The molecule has 0 spiro atoms. The van der Waals surface area contributed by atoms with Crippen LogP contribution in [0, 0.1) is 6.92 Å². The number of amidine groups is 1. The van der Waals surface area contributed by atoms with E-state index in [1.165, 1.54) is 0 Å². The number of nitrogens with zero attached hydrogens (tertiary/aromatic N) is 1. The number of hydrogen-bond donors (Lipinski definition) is 2. The van der Waals surface area contributed by atoms with Crippen LogP contribution in [0.3, 0.4) is 0 Å². The van der Waals surface area contributed by atoms with Crippen LogP contribution in [0.25, 0.3) is 0 Å². The molecule has 2 aromatic rings. The molecule has 0 bridgehead atoms. The van der Waals surface area contributed by atoms with Gasteiger partial charge in [0.15, 0.2) is 17.3 Å². The van der Waals surface area contributed by atoms with Gasteiger partial charge in [0.2, 0.25) is 0 Å². The van der Waals surface area contributed by atoms with Crippen molar-refractivity contribution in [3.05, 3.63) is 59.2 Å². The van der Waals surface area contributed by atoms with Crippen LogP contribution in [-0.4, -0.2) is 18.2 Å². The summed E-state index contributed by atoms with van der Waals surface area (Å²) in [6.07, 6.45) is 0. The minimum absolute atomic E-state index is 0.0739. The predicted octanol–water partition coefficient (Wildman–Crippen LogP) is 2.68. The van der Waals surface area contributed by atoms with Crippen molar-refractivity contribution in [3.63, 3.8) is 0 Å². The van der Waals surface area contributed by atoms with Crippen molar-refractivity contribution in [2.24, 2.45) is 10.9 Å². The van der Waals surface area contributed by atoms with Crippen LogP contribution in [0.5, 0.6) is 11.5 Å². The number of hydrogen-bond acceptors (Lipinski definition) is 4. The standard InChI is InChI=1S/C16H18N2O3/c1-11-6-7-14(15(8-11)20-2)21-10-12-4-3-5-13(9-12)16(17)18-19/h3-9,19H,10H2,1-2H3,(H2,17,18). The van der Waals surface area contributed by atoms with Crippen LogP contribution >= 0.6 is 0 Å². The molecule has 0 aliphatic carbocycles. The molecule has 2 aromatic carbocycles. The van der Waals surface area contributed by atoms with Gasteiger partial charge in [-0.15, -0.1) is 0 Å². The van der Waals surface area contributed by atoms with Crippen molar-refractivity contribution in [3.8, 4) is 11.5 Å². The Kier molecular flexibility index (Phi) is 4.66. The van der Waals surface area contributed by atoms with E-state index in [1.54, 1.807) is 13.2 Å². The van der Waals surface area contributed by atoms with E-state index in [2.05, 4.69) is 5.16 Å². The van der Waals surface area contributed by atoms with E-state index < -0.39 is 0 Å². The summed E-state index contributed by atoms with van der Waals surface area (Å²) in [6, 6.07) is 13.1. The molecule has 0 saturated heterocycles. The summed E-state index contributed by atoms with van der Waals surface area (Å²) in [6.45, 7) is 2.36. The molecule has 0 aliphatic heterocycles. The molecular formula is C16H18N2O3. The molecule has 5 nitrogen and oxygen atoms in total. The van der Waals surface area contributed by atoms with Gasteiger partial charge in [0.1, 0.15) is 6.61 Å². The number of rotatable bonds is 5. The second-order valence-electron chi connectivity index (χ2n) is 4.63. The molecule has 5 heteroatoms. The smallest absolute Gasteiger partial charge is 0.170 e. The fraction of sp³-hybridized carbons (Fsp3) is 0.188. The Hall–Kier alpha value is -2.69. The summed E-state index contributed by atoms with van der Waals surface area (Å²) >= 11 is 0. The molecule has 21 heavy (non-hydrogen) atoms. The number of oxime groups is 1. The van der Waals surface area contributed by atoms with Gasteiger partial charge in [-0.2, -0.15) is 0 Å². The van der Waals surface area contributed by atoms with Crippen LogP contribution in [0.2, 0.25) is 0 Å². The molecule has 0 amide bonds. The second-order valence-corrected chi connectivity index (χ2v) is 4.63. The van der Waals surface area contributed by atoms with Crippen molar-refractivity contribution in [2.75, 3.05) is 7.11 Å². The summed E-state index contributed by atoms with van der Waals surface area (Å²) in [5, 5.41) is 11.7. The van der Waals surface area contributed by atoms with Gasteiger partial charge in [0.25, 0.3) is 0 Å². The van der Waals surface area contributed by atoms with Crippen molar-refractivity contribution in [1.29, 1.82) is 0 Å². The van der Waals surface area contributed by atoms with Crippen molar-refractivity contribution < 1.29 is 14.7 Å². The van der Waals surface area contributed by atoms with Crippen LogP contribution in [0.4, 0.5) is 0 Å². The van der Waals surface area contributed by atoms with Gasteiger partial charge in [-0.3, -0.25) is 0 Å². The number of nitrogens with two attached hydrogens (primary N) is 1. The number of methoxy groups -OCH3 is 1. The van der Waals surface area contributed by atoms with Crippen molar-refractivity contribution in [2.45, 2.75) is 13.5 Å². The zero-order valence-electron chi connectivity index (χ0n) is 12.0. The lowest BCUT2D eigenvalue weighted by Crippen LogP contribution is -2.13. The Morgan fingerprint density at radius 2 is 2.00 bits per heavy atom. The highest BCUT2D eigenvalue weighted by atomic mass is 16.5. The average molecular weight is 286 g/mol. The lowest BCUT2D eigenvalue weighted by Gasteiger charge is -2.11. The average Bonchev–Trinajstić information content (AvgIpc) is 2.53. The highest BCUT2D eigenvalue weighted by Crippen LogP contribution is 2.28. The molecule has 0 atom stereocenters. The minimum atomic E-state index is 0.0739. The fourth-order valence-electron chi connectivity index (χ4n) is 1.93. The van der Waals surface area contributed by atoms with E-state index in [0.717, 1.165) is 11.1 Å². The SMILES string of the molecule is COc1cc(C)ccc1OCc1cccc(/C(N)=N/O)c1. The largest absolute Gasteiger partial charge is 0.493 e. The predicted molar refractivity (Wildman–Crippen MR) is 81.0 cm³/mol. The van der Waals surface area contributed by atoms with E-state index in [0.29, 0.717) is 23.7 Å². The highest BCUT2D eigenvalue weighted by Gasteiger charge is 2.06. The summed E-state index contributed by atoms with van der Waals surface area (Å²) in [5.41, 5.74) is 8.24. The van der Waals surface area contributed by atoms with Crippen LogP contribution in [0.1, 0.15) is 16.7 Å². The molecule has 0 aromatic heterocycles. The molecule has 0 heterocycles. The van der Waals surface area contributed by atoms with Crippen molar-refractivity contribution >= 4 is 5.84 Å². The maximum Gasteiger partial charge on any atom is 0.170 e. The number of aryl methyl sites for hydroxylation is 1. The topological polar surface area (TPSA) is 77.1 Å². The Bertz CT molecular complexity index is 654. The third kappa shape index (κ3) is 3.66. The van der Waals surface area contributed by atoms with Gasteiger partial charge in [-0.1, -0.05) is 29.4 Å². The third-order valence-electron chi connectivity index (χ3n) is 3.04. The maximum atomic E-state index is 8.70. The van der Waals surface area contributed by atoms with E-state index >= 15 is 0 Å². The minimum Gasteiger partial charge on any atom is -0.493 e. The first-order valence-corrected chi connectivity index (χ1v) is 6.48. The molecule has 110 valence electrons. The number of ether oxygens (including phenoxy) is 2. The van der Waals surface area contributed by atoms with Gasteiger partial charge in [0.05, 0.1) is 7.11 Å². The van der Waals surface area contributed by atoms with E-state index in [9.17, 15) is 0 Å². The third-order valence-corrected chi connectivity index (χ3v) is 3.04. The highest BCUT2D eigenvalue weighted by molar-refractivity contribution is 5.97. The Morgan fingerprint density at radius 1 is 1.19 bits per heavy atom. The Morgan fingerprint density at radius 3 is 2.71 bits per heavy atom. The molecule has 0 radical (unpaired) electrons. The van der Waals surface area contributed by atoms with Gasteiger partial charge in [0, 0.05) is 5.56 Å².